The van der Waals surface area contributed by atoms with Crippen molar-refractivity contribution in [3.8, 4) is 0 Å². The van der Waals surface area contributed by atoms with Crippen molar-refractivity contribution in [1.29, 1.82) is 0 Å². The molecule has 2 aliphatic heterocycles. The molecule has 2 atom stereocenters. The topological polar surface area (TPSA) is 52.7 Å². The average molecular weight is 376 g/mol. The first-order valence-electron chi connectivity index (χ1n) is 8.17. The van der Waals surface area contributed by atoms with Crippen LogP contribution < -0.4 is 5.32 Å². The summed E-state index contributed by atoms with van der Waals surface area (Å²) in [5.41, 5.74) is 0.198. The van der Waals surface area contributed by atoms with Crippen molar-refractivity contribution in [3.63, 3.8) is 0 Å². The van der Waals surface area contributed by atoms with Crippen LogP contribution in [0.1, 0.15) is 31.2 Å². The highest BCUT2D eigenvalue weighted by Crippen LogP contribution is 2.31. The molecule has 5 nitrogen and oxygen atoms in total. The van der Waals surface area contributed by atoms with Crippen LogP contribution in [0.3, 0.4) is 0 Å². The zero-order valence-corrected chi connectivity index (χ0v) is 15.4. The molecule has 0 aliphatic carbocycles. The molecule has 2 fully saturated rings. The van der Waals surface area contributed by atoms with Gasteiger partial charge in [-0.2, -0.15) is 17.0 Å². The summed E-state index contributed by atoms with van der Waals surface area (Å²) >= 11 is 6.02. The van der Waals surface area contributed by atoms with Crippen LogP contribution in [0.15, 0.2) is 18.2 Å². The average Bonchev–Trinajstić information content (AvgIpc) is 2.88. The highest BCUT2D eigenvalue weighted by molar-refractivity contribution is 7.86. The van der Waals surface area contributed by atoms with Crippen LogP contribution in [0.25, 0.3) is 0 Å². The van der Waals surface area contributed by atoms with Gasteiger partial charge in [-0.3, -0.25) is 0 Å². The van der Waals surface area contributed by atoms with E-state index in [-0.39, 0.29) is 23.2 Å². The van der Waals surface area contributed by atoms with Crippen molar-refractivity contribution in [1.82, 2.24) is 13.9 Å². The number of rotatable bonds is 5. The molecule has 3 rings (SSSR count). The van der Waals surface area contributed by atoms with Gasteiger partial charge in [-0.05, 0) is 37.8 Å². The number of nitrogens with one attached hydrogen (secondary N) is 1. The molecule has 0 saturated carbocycles. The maximum atomic E-state index is 13.9. The van der Waals surface area contributed by atoms with Gasteiger partial charge in [0.25, 0.3) is 10.2 Å². The number of halogens is 2. The molecule has 0 radical (unpaired) electrons. The SMILES string of the molecule is CN(Cc1c(F)cccc1Cl)S(=O)(=O)N(C)C1CC2CCC(C1)N2. The van der Waals surface area contributed by atoms with Gasteiger partial charge in [0.2, 0.25) is 0 Å². The number of benzene rings is 1. The molecule has 1 aromatic rings. The summed E-state index contributed by atoms with van der Waals surface area (Å²) in [6.45, 7) is -0.0873. The molecule has 1 N–H and O–H groups in total. The summed E-state index contributed by atoms with van der Waals surface area (Å²) in [5.74, 6) is -0.493. The van der Waals surface area contributed by atoms with Crippen LogP contribution in [0, 0.1) is 5.82 Å². The van der Waals surface area contributed by atoms with E-state index in [0.717, 1.165) is 25.7 Å². The molecular formula is C16H23ClFN3O2S. The maximum Gasteiger partial charge on any atom is 0.282 e. The summed E-state index contributed by atoms with van der Waals surface area (Å²) in [4.78, 5) is 0. The number of hydrogen-bond donors (Lipinski definition) is 1. The highest BCUT2D eigenvalue weighted by Gasteiger charge is 2.39. The van der Waals surface area contributed by atoms with E-state index in [0.29, 0.717) is 12.1 Å². The lowest BCUT2D eigenvalue weighted by Gasteiger charge is -2.36. The van der Waals surface area contributed by atoms with Gasteiger partial charge in [-0.15, -0.1) is 0 Å². The monoisotopic (exact) mass is 375 g/mol. The Balaban J connectivity index is 1.74. The fourth-order valence-corrected chi connectivity index (χ4v) is 5.22. The molecule has 134 valence electrons. The van der Waals surface area contributed by atoms with Crippen LogP contribution in [0.4, 0.5) is 4.39 Å². The second-order valence-corrected chi connectivity index (χ2v) is 9.25. The Morgan fingerprint density at radius 2 is 1.88 bits per heavy atom. The van der Waals surface area contributed by atoms with Crippen molar-refractivity contribution in [2.75, 3.05) is 14.1 Å². The second kappa shape index (κ2) is 6.88. The second-order valence-electron chi connectivity index (χ2n) is 6.74. The quantitative estimate of drug-likeness (QED) is 0.859. The van der Waals surface area contributed by atoms with E-state index in [1.807, 2.05) is 0 Å². The first-order chi connectivity index (χ1) is 11.3. The molecular weight excluding hydrogens is 353 g/mol. The van der Waals surface area contributed by atoms with E-state index in [9.17, 15) is 12.8 Å². The van der Waals surface area contributed by atoms with Crippen LogP contribution in [0.2, 0.25) is 5.02 Å². The van der Waals surface area contributed by atoms with Gasteiger partial charge in [0.1, 0.15) is 5.82 Å². The molecule has 8 heteroatoms. The van der Waals surface area contributed by atoms with Gasteiger partial charge in [-0.25, -0.2) is 4.39 Å². The van der Waals surface area contributed by atoms with Gasteiger partial charge >= 0.3 is 0 Å². The van der Waals surface area contributed by atoms with Crippen molar-refractivity contribution in [2.45, 2.75) is 50.4 Å². The van der Waals surface area contributed by atoms with E-state index >= 15 is 0 Å². The minimum Gasteiger partial charge on any atom is -0.311 e. The minimum atomic E-state index is -3.68. The molecule has 0 aromatic heterocycles. The van der Waals surface area contributed by atoms with Crippen molar-refractivity contribution in [3.05, 3.63) is 34.6 Å². The molecule has 2 saturated heterocycles. The van der Waals surface area contributed by atoms with Crippen LogP contribution in [0.5, 0.6) is 0 Å². The Hall–Kier alpha value is -0.730. The smallest absolute Gasteiger partial charge is 0.282 e. The summed E-state index contributed by atoms with van der Waals surface area (Å²) in [6.07, 6.45) is 3.85. The number of fused-ring (bicyclic) bond motifs is 2. The Kier molecular flexibility index (Phi) is 5.18. The maximum absolute atomic E-state index is 13.9. The zero-order valence-electron chi connectivity index (χ0n) is 13.9. The molecule has 2 bridgehead atoms. The van der Waals surface area contributed by atoms with Crippen molar-refractivity contribution < 1.29 is 12.8 Å². The normalized spacial score (nSPS) is 27.2. The van der Waals surface area contributed by atoms with Crippen LogP contribution >= 0.6 is 11.6 Å². The summed E-state index contributed by atoms with van der Waals surface area (Å²) < 4.78 is 42.3. The van der Waals surface area contributed by atoms with Gasteiger partial charge in [0.05, 0.1) is 0 Å². The third-order valence-electron chi connectivity index (χ3n) is 5.16. The molecule has 0 spiro atoms. The Morgan fingerprint density at radius 3 is 2.46 bits per heavy atom. The van der Waals surface area contributed by atoms with E-state index in [1.165, 1.54) is 27.8 Å². The van der Waals surface area contributed by atoms with E-state index in [2.05, 4.69) is 5.32 Å². The lowest BCUT2D eigenvalue weighted by molar-refractivity contribution is 0.239. The standard InChI is InChI=1S/C16H23ClFN3O2S/c1-20(10-14-15(17)4-3-5-16(14)18)24(22,23)21(2)13-8-11-6-7-12(9-13)19-11/h3-5,11-13,19H,6-10H2,1-2H3. The highest BCUT2D eigenvalue weighted by atomic mass is 35.5. The van der Waals surface area contributed by atoms with Crippen LogP contribution in [-0.4, -0.2) is 49.2 Å². The number of nitrogens with zero attached hydrogens (tertiary/aromatic N) is 2. The molecule has 2 unspecified atom stereocenters. The molecule has 0 amide bonds. The molecule has 1 aromatic carbocycles. The Morgan fingerprint density at radius 1 is 1.25 bits per heavy atom. The van der Waals surface area contributed by atoms with Gasteiger partial charge in [-0.1, -0.05) is 17.7 Å². The number of piperidine rings is 1. The summed E-state index contributed by atoms with van der Waals surface area (Å²) in [7, 11) is -0.598. The van der Waals surface area contributed by atoms with Gasteiger partial charge in [0, 0.05) is 49.4 Å². The Bertz CT molecular complexity index is 683. The Labute approximate surface area is 148 Å². The van der Waals surface area contributed by atoms with E-state index in [1.54, 1.807) is 13.1 Å². The lowest BCUT2D eigenvalue weighted by Crippen LogP contribution is -2.51. The summed E-state index contributed by atoms with van der Waals surface area (Å²) in [5, 5.41) is 3.74. The zero-order chi connectivity index (χ0) is 17.5. The van der Waals surface area contributed by atoms with E-state index < -0.39 is 16.0 Å². The largest absolute Gasteiger partial charge is 0.311 e. The van der Waals surface area contributed by atoms with Crippen LogP contribution in [-0.2, 0) is 16.8 Å². The minimum absolute atomic E-state index is 0.0210. The van der Waals surface area contributed by atoms with Crippen molar-refractivity contribution in [2.24, 2.45) is 0 Å². The van der Waals surface area contributed by atoms with Gasteiger partial charge in [0.15, 0.2) is 0 Å². The van der Waals surface area contributed by atoms with Crippen molar-refractivity contribution >= 4 is 21.8 Å². The third-order valence-corrected chi connectivity index (χ3v) is 7.46. The predicted octanol–water partition coefficient (Wildman–Crippen LogP) is 2.37. The first kappa shape index (κ1) is 18.1. The first-order valence-corrected chi connectivity index (χ1v) is 9.94. The third kappa shape index (κ3) is 3.46. The predicted molar refractivity (Wildman–Crippen MR) is 92.5 cm³/mol. The van der Waals surface area contributed by atoms with Gasteiger partial charge < -0.3 is 5.32 Å². The fraction of sp³-hybridized carbons (Fsp3) is 0.625. The molecule has 24 heavy (non-hydrogen) atoms. The molecule has 2 aliphatic rings. The lowest BCUT2D eigenvalue weighted by atomic mass is 10.0. The molecule has 2 heterocycles. The van der Waals surface area contributed by atoms with E-state index in [4.69, 9.17) is 11.6 Å². The summed E-state index contributed by atoms with van der Waals surface area (Å²) in [6, 6.07) is 5.14. The fourth-order valence-electron chi connectivity index (χ4n) is 3.72. The number of hydrogen-bond acceptors (Lipinski definition) is 3.